The van der Waals surface area contributed by atoms with Gasteiger partial charge in [0.05, 0.1) is 17.1 Å². The van der Waals surface area contributed by atoms with Crippen molar-refractivity contribution in [2.75, 3.05) is 5.32 Å². The SMILES string of the molecule is NC(=S)CC(=O)Nc1c(F)cc(F)cc1Br. The molecule has 0 aliphatic rings. The molecule has 3 N–H and O–H groups in total. The van der Waals surface area contributed by atoms with Crippen molar-refractivity contribution in [3.8, 4) is 0 Å². The summed E-state index contributed by atoms with van der Waals surface area (Å²) in [5.41, 5.74) is 5.02. The summed E-state index contributed by atoms with van der Waals surface area (Å²) in [6.07, 6.45) is -0.196. The van der Waals surface area contributed by atoms with Crippen molar-refractivity contribution in [2.45, 2.75) is 6.42 Å². The van der Waals surface area contributed by atoms with Gasteiger partial charge in [-0.1, -0.05) is 12.2 Å². The highest BCUT2D eigenvalue weighted by Crippen LogP contribution is 2.26. The number of anilines is 1. The van der Waals surface area contributed by atoms with Crippen LogP contribution in [0.1, 0.15) is 6.42 Å². The molecule has 0 bridgehead atoms. The highest BCUT2D eigenvalue weighted by molar-refractivity contribution is 9.10. The van der Waals surface area contributed by atoms with E-state index < -0.39 is 17.5 Å². The Morgan fingerprint density at radius 2 is 2.12 bits per heavy atom. The molecule has 1 rings (SSSR count). The number of nitrogens with one attached hydrogen (secondary N) is 1. The summed E-state index contributed by atoms with van der Waals surface area (Å²) in [6, 6.07) is 1.71. The molecular formula is C9H7BrF2N2OS. The second kappa shape index (κ2) is 5.31. The van der Waals surface area contributed by atoms with Crippen molar-refractivity contribution in [3.63, 3.8) is 0 Å². The van der Waals surface area contributed by atoms with Crippen LogP contribution in [0.2, 0.25) is 0 Å². The van der Waals surface area contributed by atoms with Crippen molar-refractivity contribution in [3.05, 3.63) is 28.2 Å². The Bertz CT molecular complexity index is 430. The van der Waals surface area contributed by atoms with Crippen LogP contribution in [-0.2, 0) is 4.79 Å². The molecule has 3 nitrogen and oxygen atoms in total. The van der Waals surface area contributed by atoms with E-state index in [0.29, 0.717) is 6.07 Å². The Labute approximate surface area is 104 Å². The molecule has 0 unspecified atom stereocenters. The summed E-state index contributed by atoms with van der Waals surface area (Å²) in [4.78, 5) is 11.2. The lowest BCUT2D eigenvalue weighted by Crippen LogP contribution is -2.20. The monoisotopic (exact) mass is 308 g/mol. The van der Waals surface area contributed by atoms with Crippen LogP contribution >= 0.6 is 28.1 Å². The van der Waals surface area contributed by atoms with Gasteiger partial charge in [-0.25, -0.2) is 8.78 Å². The number of thiocarbonyl (C=S) groups is 1. The fourth-order valence-electron chi connectivity index (χ4n) is 1.00. The van der Waals surface area contributed by atoms with Crippen LogP contribution in [0.4, 0.5) is 14.5 Å². The molecule has 0 aromatic heterocycles. The molecule has 1 amide bonds. The van der Waals surface area contributed by atoms with Crippen molar-refractivity contribution in [2.24, 2.45) is 5.73 Å². The smallest absolute Gasteiger partial charge is 0.231 e. The molecule has 0 saturated heterocycles. The number of carbonyl (C=O) groups excluding carboxylic acids is 1. The molecule has 1 aromatic rings. The maximum absolute atomic E-state index is 13.3. The highest BCUT2D eigenvalue weighted by Gasteiger charge is 2.12. The van der Waals surface area contributed by atoms with Crippen LogP contribution in [0.25, 0.3) is 0 Å². The van der Waals surface area contributed by atoms with Gasteiger partial charge in [-0.15, -0.1) is 0 Å². The molecule has 0 aliphatic heterocycles. The van der Waals surface area contributed by atoms with Crippen molar-refractivity contribution in [1.29, 1.82) is 0 Å². The van der Waals surface area contributed by atoms with Crippen LogP contribution in [0.5, 0.6) is 0 Å². The van der Waals surface area contributed by atoms with Gasteiger partial charge in [0, 0.05) is 10.5 Å². The van der Waals surface area contributed by atoms with Gasteiger partial charge >= 0.3 is 0 Å². The number of nitrogens with two attached hydrogens (primary N) is 1. The zero-order valence-corrected chi connectivity index (χ0v) is 10.3. The number of hydrogen-bond donors (Lipinski definition) is 2. The van der Waals surface area contributed by atoms with E-state index in [4.69, 9.17) is 5.73 Å². The maximum Gasteiger partial charge on any atom is 0.231 e. The normalized spacial score (nSPS) is 9.94. The minimum atomic E-state index is -0.872. The lowest BCUT2D eigenvalue weighted by Gasteiger charge is -2.08. The summed E-state index contributed by atoms with van der Waals surface area (Å²) in [5.74, 6) is -2.17. The summed E-state index contributed by atoms with van der Waals surface area (Å²) in [5, 5.41) is 2.24. The van der Waals surface area contributed by atoms with E-state index in [1.54, 1.807) is 0 Å². The Balaban J connectivity index is 2.89. The Morgan fingerprint density at radius 1 is 1.50 bits per heavy atom. The first-order chi connectivity index (χ1) is 7.40. The van der Waals surface area contributed by atoms with Gasteiger partial charge in [0.2, 0.25) is 5.91 Å². The summed E-state index contributed by atoms with van der Waals surface area (Å²) in [7, 11) is 0. The number of amides is 1. The predicted molar refractivity (Wildman–Crippen MR) is 64.1 cm³/mol. The number of carbonyl (C=O) groups is 1. The number of benzene rings is 1. The first kappa shape index (κ1) is 13.0. The number of rotatable bonds is 3. The second-order valence-corrected chi connectivity index (χ2v) is 4.31. The van der Waals surface area contributed by atoms with Gasteiger partial charge in [-0.05, 0) is 22.0 Å². The predicted octanol–water partition coefficient (Wildman–Crippen LogP) is 2.34. The van der Waals surface area contributed by atoms with Crippen molar-refractivity contribution in [1.82, 2.24) is 0 Å². The topological polar surface area (TPSA) is 55.1 Å². The molecule has 0 heterocycles. The lowest BCUT2D eigenvalue weighted by atomic mass is 10.3. The third kappa shape index (κ3) is 3.49. The number of halogens is 3. The van der Waals surface area contributed by atoms with E-state index in [1.807, 2.05) is 0 Å². The standard InChI is InChI=1S/C9H7BrF2N2OS/c10-5-1-4(11)2-6(12)9(5)14-8(15)3-7(13)16/h1-2H,3H2,(H2,13,16)(H,14,15). The largest absolute Gasteiger partial charge is 0.393 e. The van der Waals surface area contributed by atoms with Gasteiger partial charge in [-0.2, -0.15) is 0 Å². The lowest BCUT2D eigenvalue weighted by molar-refractivity contribution is -0.115. The van der Waals surface area contributed by atoms with Crippen molar-refractivity contribution < 1.29 is 13.6 Å². The molecular weight excluding hydrogens is 302 g/mol. The number of hydrogen-bond acceptors (Lipinski definition) is 2. The van der Waals surface area contributed by atoms with E-state index in [0.717, 1.165) is 6.07 Å². The first-order valence-corrected chi connectivity index (χ1v) is 5.33. The summed E-state index contributed by atoms with van der Waals surface area (Å²) < 4.78 is 26.1. The molecule has 16 heavy (non-hydrogen) atoms. The van der Waals surface area contributed by atoms with E-state index in [9.17, 15) is 13.6 Å². The van der Waals surface area contributed by atoms with E-state index in [-0.39, 0.29) is 21.6 Å². The van der Waals surface area contributed by atoms with Crippen LogP contribution in [0.15, 0.2) is 16.6 Å². The molecule has 0 aliphatic carbocycles. The fraction of sp³-hybridized carbons (Fsp3) is 0.111. The Kier molecular flexibility index (Phi) is 4.31. The van der Waals surface area contributed by atoms with E-state index >= 15 is 0 Å². The molecule has 0 spiro atoms. The molecule has 1 aromatic carbocycles. The van der Waals surface area contributed by atoms with Gasteiger partial charge in [-0.3, -0.25) is 4.79 Å². The molecule has 0 fully saturated rings. The van der Waals surface area contributed by atoms with Gasteiger partial charge in [0.25, 0.3) is 0 Å². The van der Waals surface area contributed by atoms with Crippen LogP contribution in [-0.4, -0.2) is 10.9 Å². The van der Waals surface area contributed by atoms with Crippen LogP contribution in [0, 0.1) is 11.6 Å². The third-order valence-electron chi connectivity index (χ3n) is 1.61. The zero-order chi connectivity index (χ0) is 12.3. The van der Waals surface area contributed by atoms with Gasteiger partial charge in [0.15, 0.2) is 5.82 Å². The van der Waals surface area contributed by atoms with Crippen LogP contribution in [0.3, 0.4) is 0 Å². The van der Waals surface area contributed by atoms with E-state index in [2.05, 4.69) is 33.5 Å². The van der Waals surface area contributed by atoms with Gasteiger partial charge < -0.3 is 11.1 Å². The fourth-order valence-corrected chi connectivity index (χ4v) is 1.64. The van der Waals surface area contributed by atoms with Crippen molar-refractivity contribution >= 4 is 44.7 Å². The molecule has 86 valence electrons. The highest BCUT2D eigenvalue weighted by atomic mass is 79.9. The first-order valence-electron chi connectivity index (χ1n) is 4.13. The minimum Gasteiger partial charge on any atom is -0.393 e. The minimum absolute atomic E-state index is 0.00357. The summed E-state index contributed by atoms with van der Waals surface area (Å²) >= 11 is 7.46. The summed E-state index contributed by atoms with van der Waals surface area (Å²) in [6.45, 7) is 0. The Hall–Kier alpha value is -1.08. The average molecular weight is 309 g/mol. The Morgan fingerprint density at radius 3 is 2.62 bits per heavy atom. The molecule has 0 radical (unpaired) electrons. The average Bonchev–Trinajstić information content (AvgIpc) is 2.09. The molecule has 0 atom stereocenters. The zero-order valence-electron chi connectivity index (χ0n) is 7.89. The second-order valence-electron chi connectivity index (χ2n) is 2.94. The maximum atomic E-state index is 13.3. The van der Waals surface area contributed by atoms with Gasteiger partial charge in [0.1, 0.15) is 5.82 Å². The quantitative estimate of drug-likeness (QED) is 0.843. The molecule has 0 saturated carbocycles. The van der Waals surface area contributed by atoms with E-state index in [1.165, 1.54) is 0 Å². The molecule has 7 heteroatoms. The van der Waals surface area contributed by atoms with Crippen LogP contribution < -0.4 is 11.1 Å². The third-order valence-corrected chi connectivity index (χ3v) is 2.38.